The smallest absolute Gasteiger partial charge is 0.277 e. The number of β-amino-alcohol motifs (C(OH)–C–C–N with tert-alkyl or cyclic N) is 1. The summed E-state index contributed by atoms with van der Waals surface area (Å²) in [5, 5.41) is 10.5. The number of carbonyl (C=O) groups excluding carboxylic acids is 1. The lowest BCUT2D eigenvalue weighted by Crippen LogP contribution is -2.28. The Balaban J connectivity index is 1.82. The van der Waals surface area contributed by atoms with Crippen LogP contribution in [0, 0.1) is 0 Å². The van der Waals surface area contributed by atoms with Crippen molar-refractivity contribution in [2.45, 2.75) is 12.5 Å². The number of benzene rings is 1. The SMILES string of the molecule is O=C(c1ccc2c(c1)CCO2)N1CC(O)CO1. The summed E-state index contributed by atoms with van der Waals surface area (Å²) in [5.74, 6) is 0.639. The quantitative estimate of drug-likeness (QED) is 0.764. The molecule has 1 aromatic carbocycles. The largest absolute Gasteiger partial charge is 0.493 e. The van der Waals surface area contributed by atoms with Gasteiger partial charge in [0.15, 0.2) is 0 Å². The Hall–Kier alpha value is -1.59. The molecule has 90 valence electrons. The molecule has 2 heterocycles. The fraction of sp³-hybridized carbons (Fsp3) is 0.417. The van der Waals surface area contributed by atoms with E-state index in [1.807, 2.05) is 12.1 Å². The maximum Gasteiger partial charge on any atom is 0.277 e. The molecule has 5 heteroatoms. The standard InChI is InChI=1S/C12H13NO4/c14-10-6-13(17-7-10)12(15)9-1-2-11-8(5-9)3-4-16-11/h1-2,5,10,14H,3-4,6-7H2. The molecule has 0 aromatic heterocycles. The number of aliphatic hydroxyl groups is 1. The fourth-order valence-electron chi connectivity index (χ4n) is 2.08. The number of nitrogens with zero attached hydrogens (tertiary/aromatic N) is 1. The van der Waals surface area contributed by atoms with E-state index in [-0.39, 0.29) is 19.1 Å². The Morgan fingerprint density at radius 1 is 1.47 bits per heavy atom. The van der Waals surface area contributed by atoms with Gasteiger partial charge < -0.3 is 9.84 Å². The molecule has 1 N–H and O–H groups in total. The van der Waals surface area contributed by atoms with Crippen LogP contribution in [-0.2, 0) is 11.3 Å². The van der Waals surface area contributed by atoms with Gasteiger partial charge in [0.25, 0.3) is 5.91 Å². The maximum atomic E-state index is 12.0. The summed E-state index contributed by atoms with van der Waals surface area (Å²) in [6, 6.07) is 5.36. The molecule has 1 aromatic rings. The number of amides is 1. The van der Waals surface area contributed by atoms with E-state index in [4.69, 9.17) is 9.57 Å². The zero-order chi connectivity index (χ0) is 11.8. The lowest BCUT2D eigenvalue weighted by Gasteiger charge is -2.14. The Kier molecular flexibility index (Phi) is 2.49. The Morgan fingerprint density at radius 3 is 3.12 bits per heavy atom. The van der Waals surface area contributed by atoms with Gasteiger partial charge >= 0.3 is 0 Å². The summed E-state index contributed by atoms with van der Waals surface area (Å²) in [6.45, 7) is 1.08. The molecule has 1 saturated heterocycles. The first-order valence-corrected chi connectivity index (χ1v) is 5.62. The number of carbonyl (C=O) groups is 1. The minimum absolute atomic E-state index is 0.180. The van der Waals surface area contributed by atoms with E-state index in [0.29, 0.717) is 12.2 Å². The number of hydrogen-bond donors (Lipinski definition) is 1. The molecule has 2 aliphatic heterocycles. The van der Waals surface area contributed by atoms with E-state index in [9.17, 15) is 9.90 Å². The number of hydroxylamine groups is 2. The van der Waals surface area contributed by atoms with Crippen LogP contribution in [0.15, 0.2) is 18.2 Å². The van der Waals surface area contributed by atoms with Gasteiger partial charge in [-0.2, -0.15) is 0 Å². The summed E-state index contributed by atoms with van der Waals surface area (Å²) >= 11 is 0. The van der Waals surface area contributed by atoms with Gasteiger partial charge in [-0.05, 0) is 23.8 Å². The van der Waals surface area contributed by atoms with Gasteiger partial charge in [0.1, 0.15) is 18.5 Å². The number of rotatable bonds is 1. The van der Waals surface area contributed by atoms with Crippen molar-refractivity contribution >= 4 is 5.91 Å². The molecule has 2 aliphatic rings. The third kappa shape index (κ3) is 1.87. The molecule has 3 rings (SSSR count). The summed E-state index contributed by atoms with van der Waals surface area (Å²) in [5.41, 5.74) is 1.62. The number of hydrogen-bond acceptors (Lipinski definition) is 4. The topological polar surface area (TPSA) is 59.0 Å². The molecule has 1 atom stereocenters. The average Bonchev–Trinajstić information content (AvgIpc) is 2.95. The van der Waals surface area contributed by atoms with E-state index in [0.717, 1.165) is 17.7 Å². The molecular formula is C12H13NO4. The number of ether oxygens (including phenoxy) is 1. The summed E-state index contributed by atoms with van der Waals surface area (Å²) in [7, 11) is 0. The highest BCUT2D eigenvalue weighted by molar-refractivity contribution is 5.94. The van der Waals surface area contributed by atoms with Crippen LogP contribution in [0.2, 0.25) is 0 Å². The molecule has 1 fully saturated rings. The minimum Gasteiger partial charge on any atom is -0.493 e. The third-order valence-electron chi connectivity index (χ3n) is 2.96. The van der Waals surface area contributed by atoms with Gasteiger partial charge in [-0.1, -0.05) is 0 Å². The molecule has 1 amide bonds. The van der Waals surface area contributed by atoms with Gasteiger partial charge in [-0.15, -0.1) is 0 Å². The monoisotopic (exact) mass is 235 g/mol. The lowest BCUT2D eigenvalue weighted by atomic mass is 10.1. The minimum atomic E-state index is -0.586. The van der Waals surface area contributed by atoms with E-state index < -0.39 is 6.10 Å². The molecule has 0 aliphatic carbocycles. The van der Waals surface area contributed by atoms with E-state index in [1.54, 1.807) is 6.07 Å². The van der Waals surface area contributed by atoms with Gasteiger partial charge in [0.05, 0.1) is 13.2 Å². The predicted molar refractivity (Wildman–Crippen MR) is 58.6 cm³/mol. The normalized spacial score (nSPS) is 22.4. The van der Waals surface area contributed by atoms with Crippen molar-refractivity contribution in [2.24, 2.45) is 0 Å². The third-order valence-corrected chi connectivity index (χ3v) is 2.96. The highest BCUT2D eigenvalue weighted by Gasteiger charge is 2.27. The predicted octanol–water partition coefficient (Wildman–Crippen LogP) is 0.370. The Bertz CT molecular complexity index is 460. The first kappa shape index (κ1) is 10.6. The van der Waals surface area contributed by atoms with Crippen molar-refractivity contribution < 1.29 is 19.5 Å². The molecule has 1 unspecified atom stereocenters. The molecule has 0 saturated carbocycles. The highest BCUT2D eigenvalue weighted by atomic mass is 16.7. The molecule has 0 radical (unpaired) electrons. The first-order chi connectivity index (χ1) is 8.24. The van der Waals surface area contributed by atoms with E-state index in [2.05, 4.69) is 0 Å². The van der Waals surface area contributed by atoms with Crippen LogP contribution in [0.5, 0.6) is 5.75 Å². The average molecular weight is 235 g/mol. The van der Waals surface area contributed by atoms with Crippen LogP contribution < -0.4 is 4.74 Å². The van der Waals surface area contributed by atoms with Crippen LogP contribution >= 0.6 is 0 Å². The fourth-order valence-corrected chi connectivity index (χ4v) is 2.08. The highest BCUT2D eigenvalue weighted by Crippen LogP contribution is 2.26. The van der Waals surface area contributed by atoms with Gasteiger partial charge in [0, 0.05) is 12.0 Å². The molecule has 5 nitrogen and oxygen atoms in total. The van der Waals surface area contributed by atoms with Crippen molar-refractivity contribution in [3.8, 4) is 5.75 Å². The summed E-state index contributed by atoms with van der Waals surface area (Å²) in [6.07, 6.45) is 0.247. The second-order valence-corrected chi connectivity index (χ2v) is 4.24. The number of fused-ring (bicyclic) bond motifs is 1. The van der Waals surface area contributed by atoms with Crippen molar-refractivity contribution in [1.29, 1.82) is 0 Å². The lowest BCUT2D eigenvalue weighted by molar-refractivity contribution is -0.0779. The van der Waals surface area contributed by atoms with Crippen molar-refractivity contribution in [2.75, 3.05) is 19.8 Å². The van der Waals surface area contributed by atoms with Crippen LogP contribution in [0.1, 0.15) is 15.9 Å². The molecular weight excluding hydrogens is 222 g/mol. The maximum absolute atomic E-state index is 12.0. The summed E-state index contributed by atoms with van der Waals surface area (Å²) in [4.78, 5) is 17.1. The van der Waals surface area contributed by atoms with Crippen LogP contribution in [0.4, 0.5) is 0 Å². The van der Waals surface area contributed by atoms with E-state index in [1.165, 1.54) is 5.06 Å². The van der Waals surface area contributed by atoms with Crippen LogP contribution in [0.3, 0.4) is 0 Å². The zero-order valence-corrected chi connectivity index (χ0v) is 9.26. The number of aliphatic hydroxyl groups excluding tert-OH is 1. The van der Waals surface area contributed by atoms with Crippen molar-refractivity contribution in [3.63, 3.8) is 0 Å². The second-order valence-electron chi connectivity index (χ2n) is 4.24. The Morgan fingerprint density at radius 2 is 2.35 bits per heavy atom. The zero-order valence-electron chi connectivity index (χ0n) is 9.26. The second kappa shape index (κ2) is 4.01. The van der Waals surface area contributed by atoms with Crippen LogP contribution in [-0.4, -0.2) is 41.9 Å². The summed E-state index contributed by atoms with van der Waals surface area (Å²) < 4.78 is 5.38. The molecule has 17 heavy (non-hydrogen) atoms. The molecule has 0 bridgehead atoms. The van der Waals surface area contributed by atoms with Gasteiger partial charge in [-0.3, -0.25) is 9.63 Å². The first-order valence-electron chi connectivity index (χ1n) is 5.62. The van der Waals surface area contributed by atoms with Crippen molar-refractivity contribution in [3.05, 3.63) is 29.3 Å². The van der Waals surface area contributed by atoms with Gasteiger partial charge in [0.2, 0.25) is 0 Å². The Labute approximate surface area is 98.5 Å². The van der Waals surface area contributed by atoms with E-state index >= 15 is 0 Å². The van der Waals surface area contributed by atoms with Crippen LogP contribution in [0.25, 0.3) is 0 Å². The van der Waals surface area contributed by atoms with Gasteiger partial charge in [-0.25, -0.2) is 5.06 Å². The van der Waals surface area contributed by atoms with Crippen molar-refractivity contribution in [1.82, 2.24) is 5.06 Å². The molecule has 0 spiro atoms.